The Balaban J connectivity index is 2.43. The van der Waals surface area contributed by atoms with Crippen LogP contribution >= 0.6 is 0 Å². The van der Waals surface area contributed by atoms with E-state index in [2.05, 4.69) is 9.82 Å². The van der Waals surface area contributed by atoms with Crippen molar-refractivity contribution in [1.29, 1.82) is 0 Å². The number of nitrogens with zero attached hydrogens (tertiary/aromatic N) is 2. The molecular formula is C18H27N3O3S. The van der Waals surface area contributed by atoms with Gasteiger partial charge in [-0.3, -0.25) is 4.68 Å². The molecule has 0 aliphatic heterocycles. The first-order valence-electron chi connectivity index (χ1n) is 8.33. The number of benzene rings is 1. The Morgan fingerprint density at radius 3 is 2.32 bits per heavy atom. The largest absolute Gasteiger partial charge is 0.495 e. The van der Waals surface area contributed by atoms with E-state index in [1.54, 1.807) is 12.1 Å². The van der Waals surface area contributed by atoms with Crippen molar-refractivity contribution < 1.29 is 13.2 Å². The highest BCUT2D eigenvalue weighted by Crippen LogP contribution is 2.29. The molecule has 1 aromatic heterocycles. The summed E-state index contributed by atoms with van der Waals surface area (Å²) in [6.45, 7) is 12.3. The lowest BCUT2D eigenvalue weighted by molar-refractivity contribution is 0.401. The molecule has 6 nitrogen and oxygen atoms in total. The van der Waals surface area contributed by atoms with Gasteiger partial charge in [-0.1, -0.05) is 0 Å². The minimum atomic E-state index is -3.73. The van der Waals surface area contributed by atoms with Crippen molar-refractivity contribution in [2.45, 2.75) is 59.0 Å². The fourth-order valence-corrected chi connectivity index (χ4v) is 4.58. The van der Waals surface area contributed by atoms with Crippen molar-refractivity contribution in [2.24, 2.45) is 0 Å². The maximum Gasteiger partial charge on any atom is 0.244 e. The molecule has 0 saturated carbocycles. The Morgan fingerprint density at radius 2 is 1.80 bits per heavy atom. The molecule has 0 bridgehead atoms. The van der Waals surface area contributed by atoms with E-state index in [0.29, 0.717) is 5.75 Å². The summed E-state index contributed by atoms with van der Waals surface area (Å²) in [6, 6.07) is 3.01. The molecule has 1 atom stereocenters. The second-order valence-electron chi connectivity index (χ2n) is 6.33. The standard InChI is InChI=1S/C18H27N3O3S/c1-8-21-15(6)18(13(4)19-21)14(5)20-25(22,23)17-10-12(3)11(2)9-16(17)24-7/h9-10,14,20H,8H2,1-7H3/t14-/m0/s1. The van der Waals surface area contributed by atoms with Gasteiger partial charge < -0.3 is 4.74 Å². The van der Waals surface area contributed by atoms with Crippen LogP contribution < -0.4 is 9.46 Å². The predicted octanol–water partition coefficient (Wildman–Crippen LogP) is 3.18. The molecule has 0 aliphatic rings. The molecular weight excluding hydrogens is 338 g/mol. The van der Waals surface area contributed by atoms with Crippen LogP contribution in [0.2, 0.25) is 0 Å². The molecule has 0 fully saturated rings. The lowest BCUT2D eigenvalue weighted by Crippen LogP contribution is -2.28. The number of hydrogen-bond donors (Lipinski definition) is 1. The van der Waals surface area contributed by atoms with E-state index < -0.39 is 16.1 Å². The van der Waals surface area contributed by atoms with E-state index in [1.165, 1.54) is 7.11 Å². The predicted molar refractivity (Wildman–Crippen MR) is 98.6 cm³/mol. The lowest BCUT2D eigenvalue weighted by atomic mass is 10.1. The van der Waals surface area contributed by atoms with Gasteiger partial charge in [0.05, 0.1) is 12.8 Å². The van der Waals surface area contributed by atoms with Gasteiger partial charge in [-0.05, 0) is 64.8 Å². The number of rotatable bonds is 6. The van der Waals surface area contributed by atoms with Crippen molar-refractivity contribution >= 4 is 10.0 Å². The molecule has 1 heterocycles. The molecule has 2 aromatic rings. The number of ether oxygens (including phenoxy) is 1. The highest BCUT2D eigenvalue weighted by Gasteiger charge is 2.26. The van der Waals surface area contributed by atoms with Crippen LogP contribution in [0.3, 0.4) is 0 Å². The topological polar surface area (TPSA) is 73.2 Å². The molecule has 25 heavy (non-hydrogen) atoms. The summed E-state index contributed by atoms with van der Waals surface area (Å²) < 4.78 is 35.8. The Kier molecular flexibility index (Phi) is 5.58. The lowest BCUT2D eigenvalue weighted by Gasteiger charge is -2.18. The monoisotopic (exact) mass is 365 g/mol. The summed E-state index contributed by atoms with van der Waals surface area (Å²) in [4.78, 5) is 0.156. The summed E-state index contributed by atoms with van der Waals surface area (Å²) in [7, 11) is -2.25. The number of hydrogen-bond acceptors (Lipinski definition) is 4. The highest BCUT2D eigenvalue weighted by atomic mass is 32.2. The van der Waals surface area contributed by atoms with Crippen LogP contribution in [0.25, 0.3) is 0 Å². The normalized spacial score (nSPS) is 13.1. The third-order valence-electron chi connectivity index (χ3n) is 4.57. The van der Waals surface area contributed by atoms with Crippen LogP contribution in [0, 0.1) is 27.7 Å². The Morgan fingerprint density at radius 1 is 1.20 bits per heavy atom. The fourth-order valence-electron chi connectivity index (χ4n) is 3.13. The molecule has 0 aliphatic carbocycles. The molecule has 0 amide bonds. The van der Waals surface area contributed by atoms with Crippen molar-refractivity contribution in [3.63, 3.8) is 0 Å². The molecule has 2 rings (SSSR count). The molecule has 1 N–H and O–H groups in total. The zero-order valence-corrected chi connectivity index (χ0v) is 16.8. The van der Waals surface area contributed by atoms with Gasteiger partial charge in [0.15, 0.2) is 0 Å². The molecule has 1 aromatic carbocycles. The third-order valence-corrected chi connectivity index (χ3v) is 6.13. The van der Waals surface area contributed by atoms with E-state index in [4.69, 9.17) is 4.74 Å². The Bertz CT molecular complexity index is 885. The van der Waals surface area contributed by atoms with Gasteiger partial charge in [0.25, 0.3) is 0 Å². The van der Waals surface area contributed by atoms with Crippen LogP contribution in [0.1, 0.15) is 48.0 Å². The molecule has 0 spiro atoms. The summed E-state index contributed by atoms with van der Waals surface area (Å²) in [5, 5.41) is 4.47. The van der Waals surface area contributed by atoms with Crippen molar-refractivity contribution in [1.82, 2.24) is 14.5 Å². The summed E-state index contributed by atoms with van der Waals surface area (Å²) in [5.74, 6) is 0.348. The van der Waals surface area contributed by atoms with Crippen LogP contribution in [-0.2, 0) is 16.6 Å². The van der Waals surface area contributed by atoms with E-state index in [0.717, 1.165) is 34.6 Å². The molecule has 7 heteroatoms. The smallest absolute Gasteiger partial charge is 0.244 e. The number of methoxy groups -OCH3 is 1. The Hall–Kier alpha value is -1.86. The number of nitrogens with one attached hydrogen (secondary N) is 1. The summed E-state index contributed by atoms with van der Waals surface area (Å²) >= 11 is 0. The molecule has 0 unspecified atom stereocenters. The van der Waals surface area contributed by atoms with Gasteiger partial charge in [0.2, 0.25) is 10.0 Å². The van der Waals surface area contributed by atoms with E-state index in [1.807, 2.05) is 46.2 Å². The first-order valence-corrected chi connectivity index (χ1v) is 9.82. The summed E-state index contributed by atoms with van der Waals surface area (Å²) in [6.07, 6.45) is 0. The van der Waals surface area contributed by atoms with E-state index >= 15 is 0 Å². The van der Waals surface area contributed by atoms with Gasteiger partial charge in [-0.25, -0.2) is 13.1 Å². The van der Waals surface area contributed by atoms with Crippen LogP contribution in [0.15, 0.2) is 17.0 Å². The number of sulfonamides is 1. The van der Waals surface area contributed by atoms with Crippen LogP contribution in [0.4, 0.5) is 0 Å². The third kappa shape index (κ3) is 3.72. The van der Waals surface area contributed by atoms with Crippen LogP contribution in [-0.4, -0.2) is 25.3 Å². The maximum atomic E-state index is 12.9. The molecule has 0 saturated heterocycles. The van der Waals surface area contributed by atoms with Gasteiger partial charge in [-0.15, -0.1) is 0 Å². The van der Waals surface area contributed by atoms with Crippen molar-refractivity contribution in [3.8, 4) is 5.75 Å². The quantitative estimate of drug-likeness (QED) is 0.853. The summed E-state index contributed by atoms with van der Waals surface area (Å²) in [5.41, 5.74) is 4.61. The van der Waals surface area contributed by atoms with E-state index in [-0.39, 0.29) is 4.90 Å². The first kappa shape index (κ1) is 19.5. The fraction of sp³-hybridized carbons (Fsp3) is 0.500. The van der Waals surface area contributed by atoms with Gasteiger partial charge in [-0.2, -0.15) is 5.10 Å². The zero-order valence-electron chi connectivity index (χ0n) is 16.0. The van der Waals surface area contributed by atoms with Crippen molar-refractivity contribution in [3.05, 3.63) is 40.2 Å². The van der Waals surface area contributed by atoms with Gasteiger partial charge in [0, 0.05) is 23.8 Å². The maximum absolute atomic E-state index is 12.9. The van der Waals surface area contributed by atoms with Gasteiger partial charge in [0.1, 0.15) is 10.6 Å². The zero-order chi connectivity index (χ0) is 18.9. The second-order valence-corrected chi connectivity index (χ2v) is 8.01. The van der Waals surface area contributed by atoms with E-state index in [9.17, 15) is 8.42 Å². The Labute approximate surface area is 150 Å². The number of aromatic nitrogens is 2. The average Bonchev–Trinajstić information content (AvgIpc) is 2.82. The van der Waals surface area contributed by atoms with Crippen LogP contribution in [0.5, 0.6) is 5.75 Å². The SMILES string of the molecule is CCn1nc(C)c([C@H](C)NS(=O)(=O)c2cc(C)c(C)cc2OC)c1C. The van der Waals surface area contributed by atoms with Gasteiger partial charge >= 0.3 is 0 Å². The minimum Gasteiger partial charge on any atom is -0.495 e. The minimum absolute atomic E-state index is 0.156. The second kappa shape index (κ2) is 7.17. The first-order chi connectivity index (χ1) is 11.6. The number of aryl methyl sites for hydroxylation is 4. The highest BCUT2D eigenvalue weighted by molar-refractivity contribution is 7.89. The average molecular weight is 365 g/mol. The van der Waals surface area contributed by atoms with Crippen molar-refractivity contribution in [2.75, 3.05) is 7.11 Å². The molecule has 0 radical (unpaired) electrons. The molecule has 138 valence electrons.